The molecule has 0 saturated heterocycles. The number of aromatic nitrogens is 1. The quantitative estimate of drug-likeness (QED) is 0.695. The van der Waals surface area contributed by atoms with Crippen LogP contribution in [0.15, 0.2) is 12.1 Å². The lowest BCUT2D eigenvalue weighted by Crippen LogP contribution is -2.22. The van der Waals surface area contributed by atoms with Crippen molar-refractivity contribution in [2.45, 2.75) is 0 Å². The summed E-state index contributed by atoms with van der Waals surface area (Å²) in [6, 6.07) is 2.81. The molecule has 0 spiro atoms. The van der Waals surface area contributed by atoms with Crippen molar-refractivity contribution in [3.05, 3.63) is 23.5 Å². The Morgan fingerprint density at radius 1 is 1.31 bits per heavy atom. The summed E-state index contributed by atoms with van der Waals surface area (Å²) in [4.78, 5) is 25.6. The third kappa shape index (κ3) is 1.87. The molecule has 5 heteroatoms. The van der Waals surface area contributed by atoms with Crippen LogP contribution in [-0.2, 0) is 0 Å². The molecular weight excluding hydrogens is 172 g/mol. The third-order valence-corrected chi connectivity index (χ3v) is 1.55. The SMILES string of the molecule is CN(C)C(=O)c1ccc(C(=O)O)[nH]1. The normalized spacial score (nSPS) is 9.69. The molecule has 0 fully saturated rings. The lowest BCUT2D eigenvalue weighted by Gasteiger charge is -2.07. The molecule has 1 rings (SSSR count). The number of aromatic amines is 1. The van der Waals surface area contributed by atoms with Crippen molar-refractivity contribution in [2.75, 3.05) is 14.1 Å². The van der Waals surface area contributed by atoms with E-state index in [0.717, 1.165) is 0 Å². The molecule has 0 aromatic carbocycles. The second-order valence-corrected chi connectivity index (χ2v) is 2.79. The Balaban J connectivity index is 2.92. The predicted molar refractivity (Wildman–Crippen MR) is 45.8 cm³/mol. The van der Waals surface area contributed by atoms with Gasteiger partial charge in [0.2, 0.25) is 0 Å². The maximum atomic E-state index is 11.3. The van der Waals surface area contributed by atoms with Crippen molar-refractivity contribution in [2.24, 2.45) is 0 Å². The first kappa shape index (κ1) is 9.31. The summed E-state index contributed by atoms with van der Waals surface area (Å²) < 4.78 is 0. The number of nitrogens with zero attached hydrogens (tertiary/aromatic N) is 1. The van der Waals surface area contributed by atoms with Gasteiger partial charge in [0.25, 0.3) is 5.91 Å². The molecule has 1 aromatic rings. The van der Waals surface area contributed by atoms with Crippen LogP contribution < -0.4 is 0 Å². The fourth-order valence-electron chi connectivity index (χ4n) is 0.885. The van der Waals surface area contributed by atoms with Crippen LogP contribution in [0.4, 0.5) is 0 Å². The molecule has 0 bridgehead atoms. The number of hydrogen-bond donors (Lipinski definition) is 2. The summed E-state index contributed by atoms with van der Waals surface area (Å²) in [7, 11) is 3.20. The maximum Gasteiger partial charge on any atom is 0.352 e. The Morgan fingerprint density at radius 2 is 1.85 bits per heavy atom. The first-order chi connectivity index (χ1) is 6.02. The van der Waals surface area contributed by atoms with E-state index >= 15 is 0 Å². The van der Waals surface area contributed by atoms with Gasteiger partial charge >= 0.3 is 5.97 Å². The van der Waals surface area contributed by atoms with E-state index in [1.807, 2.05) is 0 Å². The van der Waals surface area contributed by atoms with Crippen LogP contribution in [0.2, 0.25) is 0 Å². The molecule has 5 nitrogen and oxygen atoms in total. The molecular formula is C8H10N2O3. The van der Waals surface area contributed by atoms with Gasteiger partial charge in [0.1, 0.15) is 11.4 Å². The molecule has 1 aromatic heterocycles. The molecule has 70 valence electrons. The van der Waals surface area contributed by atoms with Crippen molar-refractivity contribution in [3.8, 4) is 0 Å². The Labute approximate surface area is 75.0 Å². The van der Waals surface area contributed by atoms with E-state index in [2.05, 4.69) is 4.98 Å². The maximum absolute atomic E-state index is 11.3. The zero-order valence-electron chi connectivity index (χ0n) is 7.37. The average molecular weight is 182 g/mol. The van der Waals surface area contributed by atoms with Gasteiger partial charge in [-0.3, -0.25) is 4.79 Å². The van der Waals surface area contributed by atoms with Crippen molar-refractivity contribution in [3.63, 3.8) is 0 Å². The second-order valence-electron chi connectivity index (χ2n) is 2.79. The van der Waals surface area contributed by atoms with Crippen LogP contribution >= 0.6 is 0 Å². The number of carboxylic acid groups (broad SMARTS) is 1. The molecule has 0 atom stereocenters. The number of carboxylic acids is 1. The molecule has 0 aliphatic carbocycles. The van der Waals surface area contributed by atoms with Crippen LogP contribution in [0.3, 0.4) is 0 Å². The monoisotopic (exact) mass is 182 g/mol. The number of H-pyrrole nitrogens is 1. The highest BCUT2D eigenvalue weighted by Crippen LogP contribution is 2.03. The van der Waals surface area contributed by atoms with E-state index in [9.17, 15) is 9.59 Å². The fraction of sp³-hybridized carbons (Fsp3) is 0.250. The molecule has 0 unspecified atom stereocenters. The summed E-state index contributed by atoms with van der Waals surface area (Å²) >= 11 is 0. The minimum atomic E-state index is -1.07. The Bertz CT molecular complexity index is 341. The lowest BCUT2D eigenvalue weighted by molar-refractivity contribution is 0.0691. The lowest BCUT2D eigenvalue weighted by atomic mass is 10.4. The van der Waals surface area contributed by atoms with Crippen LogP contribution in [-0.4, -0.2) is 41.0 Å². The molecule has 13 heavy (non-hydrogen) atoms. The van der Waals surface area contributed by atoms with Crippen molar-refractivity contribution < 1.29 is 14.7 Å². The van der Waals surface area contributed by atoms with Crippen LogP contribution in [0.25, 0.3) is 0 Å². The fourth-order valence-corrected chi connectivity index (χ4v) is 0.885. The van der Waals surface area contributed by atoms with Gasteiger partial charge < -0.3 is 15.0 Å². The largest absolute Gasteiger partial charge is 0.477 e. The van der Waals surface area contributed by atoms with Gasteiger partial charge in [-0.2, -0.15) is 0 Å². The van der Waals surface area contributed by atoms with Crippen molar-refractivity contribution >= 4 is 11.9 Å². The van der Waals surface area contributed by atoms with E-state index in [1.165, 1.54) is 17.0 Å². The summed E-state index contributed by atoms with van der Waals surface area (Å²) in [5.41, 5.74) is 0.299. The molecule has 0 radical (unpaired) electrons. The van der Waals surface area contributed by atoms with Gasteiger partial charge in [0, 0.05) is 14.1 Å². The summed E-state index contributed by atoms with van der Waals surface area (Å²) in [5, 5.41) is 8.56. The second kappa shape index (κ2) is 3.30. The Kier molecular flexibility index (Phi) is 2.36. The zero-order chi connectivity index (χ0) is 10.0. The Morgan fingerprint density at radius 3 is 2.23 bits per heavy atom. The highest BCUT2D eigenvalue weighted by molar-refractivity contribution is 5.94. The third-order valence-electron chi connectivity index (χ3n) is 1.55. The van der Waals surface area contributed by atoms with Crippen molar-refractivity contribution in [1.82, 2.24) is 9.88 Å². The van der Waals surface area contributed by atoms with E-state index in [1.54, 1.807) is 14.1 Å². The van der Waals surface area contributed by atoms with Gasteiger partial charge in [-0.05, 0) is 12.1 Å². The van der Waals surface area contributed by atoms with Gasteiger partial charge in [-0.1, -0.05) is 0 Å². The number of aromatic carboxylic acids is 1. The molecule has 1 heterocycles. The number of amides is 1. The smallest absolute Gasteiger partial charge is 0.352 e. The molecule has 0 aliphatic rings. The summed E-state index contributed by atoms with van der Waals surface area (Å²) in [5.74, 6) is -1.31. The highest BCUT2D eigenvalue weighted by Gasteiger charge is 2.12. The minimum Gasteiger partial charge on any atom is -0.477 e. The van der Waals surface area contributed by atoms with E-state index < -0.39 is 5.97 Å². The minimum absolute atomic E-state index is 0.0187. The first-order valence-electron chi connectivity index (χ1n) is 3.66. The van der Waals surface area contributed by atoms with Gasteiger partial charge in [0.15, 0.2) is 0 Å². The number of carbonyl (C=O) groups excluding carboxylic acids is 1. The summed E-state index contributed by atoms with van der Waals surface area (Å²) in [6.07, 6.45) is 0. The van der Waals surface area contributed by atoms with E-state index in [0.29, 0.717) is 0 Å². The van der Waals surface area contributed by atoms with Crippen LogP contribution in [0.5, 0.6) is 0 Å². The summed E-state index contributed by atoms with van der Waals surface area (Å²) in [6.45, 7) is 0. The number of rotatable bonds is 2. The molecule has 0 saturated carbocycles. The molecule has 1 amide bonds. The molecule has 0 aliphatic heterocycles. The number of nitrogens with one attached hydrogen (secondary N) is 1. The standard InChI is InChI=1S/C8H10N2O3/c1-10(2)7(11)5-3-4-6(9-5)8(12)13/h3-4,9H,1-2H3,(H,12,13). The number of hydrogen-bond acceptors (Lipinski definition) is 2. The number of carbonyl (C=O) groups is 2. The van der Waals surface area contributed by atoms with Crippen LogP contribution in [0.1, 0.15) is 21.0 Å². The van der Waals surface area contributed by atoms with Crippen molar-refractivity contribution in [1.29, 1.82) is 0 Å². The Hall–Kier alpha value is -1.78. The topological polar surface area (TPSA) is 73.4 Å². The van der Waals surface area contributed by atoms with Gasteiger partial charge in [-0.15, -0.1) is 0 Å². The van der Waals surface area contributed by atoms with Gasteiger partial charge in [-0.25, -0.2) is 4.79 Å². The average Bonchev–Trinajstić information content (AvgIpc) is 2.50. The van der Waals surface area contributed by atoms with Gasteiger partial charge in [0.05, 0.1) is 0 Å². The predicted octanol–water partition coefficient (Wildman–Crippen LogP) is 0.415. The molecule has 2 N–H and O–H groups in total. The van der Waals surface area contributed by atoms with E-state index in [-0.39, 0.29) is 17.3 Å². The first-order valence-corrected chi connectivity index (χ1v) is 3.66. The highest BCUT2D eigenvalue weighted by atomic mass is 16.4. The van der Waals surface area contributed by atoms with E-state index in [4.69, 9.17) is 5.11 Å². The van der Waals surface area contributed by atoms with Crippen LogP contribution in [0, 0.1) is 0 Å². The zero-order valence-corrected chi connectivity index (χ0v) is 7.37.